The maximum atomic E-state index is 11.7. The summed E-state index contributed by atoms with van der Waals surface area (Å²) in [5.41, 5.74) is 1.59. The standard InChI is InChI=1S/C14H15ClN2O2/c1-14(2,3)19-12(18)7-9-6-11-13(17-8-9)10(15)4-5-16-11/h4-6,8H,7H2,1-3H3. The number of pyridine rings is 2. The van der Waals surface area contributed by atoms with Crippen LogP contribution >= 0.6 is 11.6 Å². The molecule has 2 aromatic rings. The number of halogens is 1. The third kappa shape index (κ3) is 3.64. The molecule has 0 atom stereocenters. The quantitative estimate of drug-likeness (QED) is 0.792. The first-order chi connectivity index (χ1) is 8.85. The molecule has 0 aliphatic rings. The van der Waals surface area contributed by atoms with Crippen molar-refractivity contribution in [3.8, 4) is 0 Å². The van der Waals surface area contributed by atoms with Crippen LogP contribution in [-0.4, -0.2) is 21.5 Å². The van der Waals surface area contributed by atoms with Gasteiger partial charge in [0.25, 0.3) is 0 Å². The van der Waals surface area contributed by atoms with Crippen LogP contribution in [0.25, 0.3) is 11.0 Å². The lowest BCUT2D eigenvalue weighted by Crippen LogP contribution is -2.24. The predicted molar refractivity (Wildman–Crippen MR) is 74.1 cm³/mol. The third-order valence-corrected chi connectivity index (χ3v) is 2.66. The third-order valence-electron chi connectivity index (χ3n) is 2.35. The van der Waals surface area contributed by atoms with Crippen molar-refractivity contribution in [2.75, 3.05) is 0 Å². The molecule has 4 nitrogen and oxygen atoms in total. The van der Waals surface area contributed by atoms with Crippen LogP contribution in [-0.2, 0) is 16.0 Å². The number of hydrogen-bond acceptors (Lipinski definition) is 4. The molecule has 0 spiro atoms. The lowest BCUT2D eigenvalue weighted by Gasteiger charge is -2.19. The molecule has 0 N–H and O–H groups in total. The van der Waals surface area contributed by atoms with E-state index in [9.17, 15) is 4.79 Å². The van der Waals surface area contributed by atoms with Gasteiger partial charge in [-0.2, -0.15) is 0 Å². The summed E-state index contributed by atoms with van der Waals surface area (Å²) in [5.74, 6) is -0.282. The Morgan fingerprint density at radius 1 is 1.37 bits per heavy atom. The largest absolute Gasteiger partial charge is 0.460 e. The van der Waals surface area contributed by atoms with Crippen molar-refractivity contribution < 1.29 is 9.53 Å². The second-order valence-electron chi connectivity index (χ2n) is 5.27. The van der Waals surface area contributed by atoms with Gasteiger partial charge in [-0.05, 0) is 38.5 Å². The Bertz CT molecular complexity index is 620. The molecule has 0 aliphatic carbocycles. The molecule has 0 radical (unpaired) electrons. The van der Waals surface area contributed by atoms with E-state index in [1.807, 2.05) is 20.8 Å². The second kappa shape index (κ2) is 5.13. The number of rotatable bonds is 2. The number of carbonyl (C=O) groups is 1. The molecule has 2 rings (SSSR count). The zero-order valence-electron chi connectivity index (χ0n) is 11.1. The van der Waals surface area contributed by atoms with E-state index in [2.05, 4.69) is 9.97 Å². The van der Waals surface area contributed by atoms with Gasteiger partial charge >= 0.3 is 5.97 Å². The van der Waals surface area contributed by atoms with Gasteiger partial charge < -0.3 is 4.74 Å². The summed E-state index contributed by atoms with van der Waals surface area (Å²) in [6.07, 6.45) is 3.41. The van der Waals surface area contributed by atoms with Crippen LogP contribution in [0, 0.1) is 0 Å². The van der Waals surface area contributed by atoms with Crippen LogP contribution in [0.3, 0.4) is 0 Å². The molecule has 2 aromatic heterocycles. The Morgan fingerprint density at radius 3 is 2.79 bits per heavy atom. The van der Waals surface area contributed by atoms with Crippen LogP contribution in [0.15, 0.2) is 24.5 Å². The highest BCUT2D eigenvalue weighted by Gasteiger charge is 2.16. The lowest BCUT2D eigenvalue weighted by molar-refractivity contribution is -0.153. The van der Waals surface area contributed by atoms with Gasteiger partial charge in [0.2, 0.25) is 0 Å². The minimum atomic E-state index is -0.483. The zero-order valence-corrected chi connectivity index (χ0v) is 11.9. The van der Waals surface area contributed by atoms with Crippen LogP contribution in [0.5, 0.6) is 0 Å². The first kappa shape index (κ1) is 13.7. The van der Waals surface area contributed by atoms with E-state index >= 15 is 0 Å². The Morgan fingerprint density at radius 2 is 2.11 bits per heavy atom. The first-order valence-electron chi connectivity index (χ1n) is 5.96. The highest BCUT2D eigenvalue weighted by atomic mass is 35.5. The van der Waals surface area contributed by atoms with Gasteiger partial charge in [-0.25, -0.2) is 0 Å². The number of aromatic nitrogens is 2. The van der Waals surface area contributed by atoms with Crippen molar-refractivity contribution in [2.45, 2.75) is 32.8 Å². The SMILES string of the molecule is CC(C)(C)OC(=O)Cc1cnc2c(Cl)ccnc2c1. The number of ether oxygens (including phenoxy) is 1. The first-order valence-corrected chi connectivity index (χ1v) is 6.34. The molecule has 19 heavy (non-hydrogen) atoms. The number of esters is 1. The van der Waals surface area contributed by atoms with E-state index in [1.165, 1.54) is 0 Å². The fourth-order valence-electron chi connectivity index (χ4n) is 1.68. The number of hydrogen-bond donors (Lipinski definition) is 0. The van der Waals surface area contributed by atoms with Gasteiger partial charge in [0.15, 0.2) is 0 Å². The molecule has 0 saturated heterocycles. The Balaban J connectivity index is 2.20. The molecular weight excluding hydrogens is 264 g/mol. The molecule has 0 amide bonds. The Hall–Kier alpha value is -1.68. The fourth-order valence-corrected chi connectivity index (χ4v) is 1.88. The molecule has 0 bridgehead atoms. The van der Waals surface area contributed by atoms with Crippen molar-refractivity contribution >= 4 is 28.6 Å². The van der Waals surface area contributed by atoms with E-state index in [0.717, 1.165) is 5.56 Å². The molecule has 0 aromatic carbocycles. The average Bonchev–Trinajstić information content (AvgIpc) is 2.26. The van der Waals surface area contributed by atoms with Crippen LogP contribution < -0.4 is 0 Å². The number of nitrogens with zero attached hydrogens (tertiary/aromatic N) is 2. The van der Waals surface area contributed by atoms with E-state index < -0.39 is 5.60 Å². The monoisotopic (exact) mass is 278 g/mol. The summed E-state index contributed by atoms with van der Waals surface area (Å²) in [4.78, 5) is 20.1. The van der Waals surface area contributed by atoms with Gasteiger partial charge in [-0.1, -0.05) is 11.6 Å². The average molecular weight is 279 g/mol. The zero-order chi connectivity index (χ0) is 14.0. The van der Waals surface area contributed by atoms with Crippen molar-refractivity contribution in [1.82, 2.24) is 9.97 Å². The highest BCUT2D eigenvalue weighted by molar-refractivity contribution is 6.34. The summed E-state index contributed by atoms with van der Waals surface area (Å²) in [6.45, 7) is 5.51. The molecule has 0 fully saturated rings. The summed E-state index contributed by atoms with van der Waals surface area (Å²) >= 11 is 6.01. The van der Waals surface area contributed by atoms with E-state index in [0.29, 0.717) is 16.1 Å². The van der Waals surface area contributed by atoms with Crippen LogP contribution in [0.4, 0.5) is 0 Å². The van der Waals surface area contributed by atoms with Crippen molar-refractivity contribution in [3.63, 3.8) is 0 Å². The molecule has 100 valence electrons. The van der Waals surface area contributed by atoms with Gasteiger partial charge in [0.1, 0.15) is 11.1 Å². The maximum absolute atomic E-state index is 11.7. The topological polar surface area (TPSA) is 52.1 Å². The molecular formula is C14H15ClN2O2. The number of fused-ring (bicyclic) bond motifs is 1. The normalized spacial score (nSPS) is 11.6. The highest BCUT2D eigenvalue weighted by Crippen LogP contribution is 2.20. The minimum absolute atomic E-state index is 0.175. The van der Waals surface area contributed by atoms with E-state index in [-0.39, 0.29) is 12.4 Å². The van der Waals surface area contributed by atoms with Crippen molar-refractivity contribution in [1.29, 1.82) is 0 Å². The van der Waals surface area contributed by atoms with E-state index in [4.69, 9.17) is 16.3 Å². The Kier molecular flexibility index (Phi) is 3.71. The second-order valence-corrected chi connectivity index (χ2v) is 5.67. The van der Waals surface area contributed by atoms with Crippen LogP contribution in [0.2, 0.25) is 5.02 Å². The van der Waals surface area contributed by atoms with Gasteiger partial charge in [0.05, 0.1) is 17.0 Å². The Labute approximate surface area is 116 Å². The maximum Gasteiger partial charge on any atom is 0.310 e. The van der Waals surface area contributed by atoms with Crippen molar-refractivity contribution in [2.24, 2.45) is 0 Å². The molecule has 5 heteroatoms. The van der Waals surface area contributed by atoms with Gasteiger partial charge in [0, 0.05) is 12.4 Å². The number of carbonyl (C=O) groups excluding carboxylic acids is 1. The lowest BCUT2D eigenvalue weighted by atomic mass is 10.1. The molecule has 0 unspecified atom stereocenters. The summed E-state index contributed by atoms with van der Waals surface area (Å²) in [7, 11) is 0. The predicted octanol–water partition coefficient (Wildman–Crippen LogP) is 3.17. The fraction of sp³-hybridized carbons (Fsp3) is 0.357. The molecule has 2 heterocycles. The van der Waals surface area contributed by atoms with Gasteiger partial charge in [-0.3, -0.25) is 14.8 Å². The minimum Gasteiger partial charge on any atom is -0.460 e. The van der Waals surface area contributed by atoms with Gasteiger partial charge in [-0.15, -0.1) is 0 Å². The van der Waals surface area contributed by atoms with E-state index in [1.54, 1.807) is 24.5 Å². The summed E-state index contributed by atoms with van der Waals surface area (Å²) in [6, 6.07) is 3.49. The van der Waals surface area contributed by atoms with Crippen LogP contribution in [0.1, 0.15) is 26.3 Å². The van der Waals surface area contributed by atoms with Crippen molar-refractivity contribution in [3.05, 3.63) is 35.1 Å². The molecule has 0 saturated carbocycles. The smallest absolute Gasteiger partial charge is 0.310 e. The summed E-state index contributed by atoms with van der Waals surface area (Å²) in [5, 5.41) is 0.550. The molecule has 0 aliphatic heterocycles. The summed E-state index contributed by atoms with van der Waals surface area (Å²) < 4.78 is 5.26.